The van der Waals surface area contributed by atoms with Crippen molar-refractivity contribution in [2.24, 2.45) is 17.8 Å². The zero-order valence-corrected chi connectivity index (χ0v) is 41.0. The van der Waals surface area contributed by atoms with Crippen molar-refractivity contribution >= 4 is 29.1 Å². The predicted molar refractivity (Wildman–Crippen MR) is 247 cm³/mol. The molecule has 16 nitrogen and oxygen atoms in total. The van der Waals surface area contributed by atoms with Crippen LogP contribution in [-0.4, -0.2) is 168 Å². The average molecular weight is 930 g/mol. The van der Waals surface area contributed by atoms with E-state index < -0.39 is 91.4 Å². The molecule has 0 spiro atoms. The third-order valence-corrected chi connectivity index (χ3v) is 14.3. The lowest BCUT2D eigenvalue weighted by atomic mass is 9.81. The van der Waals surface area contributed by atoms with E-state index in [1.807, 2.05) is 78.0 Å². The number of nitrogens with zero attached hydrogens (tertiary/aromatic N) is 3. The Morgan fingerprint density at radius 3 is 2.44 bits per heavy atom. The molecule has 3 aliphatic heterocycles. The molecule has 66 heavy (non-hydrogen) atoms. The maximum Gasteiger partial charge on any atom is 0.308 e. The number of benzene rings is 1. The normalized spacial score (nSPS) is 37.1. The number of likely N-dealkylation sites (N-methyl/N-ethyl adjacent to an activating group) is 1. The Morgan fingerprint density at radius 2 is 1.74 bits per heavy atom. The van der Waals surface area contributed by atoms with Gasteiger partial charge in [0.25, 0.3) is 0 Å². The number of hydrogen-bond donors (Lipinski definition) is 3. The number of aliphatic hydroxyl groups is 3. The molecule has 3 fully saturated rings. The number of hydrogen-bond acceptors (Lipinski definition) is 16. The summed E-state index contributed by atoms with van der Waals surface area (Å²) in [5.74, 6) is -2.03. The molecule has 4 heterocycles. The van der Waals surface area contributed by atoms with Crippen molar-refractivity contribution in [2.75, 3.05) is 40.8 Å². The zero-order valence-electron chi connectivity index (χ0n) is 41.0. The Kier molecular flexibility index (Phi) is 20.3. The van der Waals surface area contributed by atoms with Crippen molar-refractivity contribution in [2.45, 2.75) is 185 Å². The molecule has 1 aromatic heterocycles. The molecule has 3 saturated heterocycles. The summed E-state index contributed by atoms with van der Waals surface area (Å²) in [4.78, 5) is 46.9. The van der Waals surface area contributed by atoms with Gasteiger partial charge in [-0.25, -0.2) is 0 Å². The number of aliphatic hydroxyl groups excluding tert-OH is 3. The lowest BCUT2D eigenvalue weighted by Crippen LogP contribution is -2.65. The lowest BCUT2D eigenvalue weighted by Gasteiger charge is -2.51. The smallest absolute Gasteiger partial charge is 0.308 e. The number of pyridine rings is 1. The average Bonchev–Trinajstić information content (AvgIpc) is 3.26. The number of aromatic nitrogens is 1. The van der Waals surface area contributed by atoms with Crippen LogP contribution >= 0.6 is 0 Å². The molecule has 16 heteroatoms. The van der Waals surface area contributed by atoms with E-state index in [1.165, 1.54) is 12.7 Å². The van der Waals surface area contributed by atoms with Gasteiger partial charge in [-0.15, -0.1) is 0 Å². The third kappa shape index (κ3) is 14.0. The first-order valence-electron chi connectivity index (χ1n) is 24.1. The van der Waals surface area contributed by atoms with Crippen LogP contribution in [0, 0.1) is 17.8 Å². The molecule has 0 bridgehead atoms. The maximum atomic E-state index is 13.3. The van der Waals surface area contributed by atoms with Crippen LogP contribution in [-0.2, 0) is 54.0 Å². The second kappa shape index (κ2) is 24.9. The maximum absolute atomic E-state index is 13.3. The van der Waals surface area contributed by atoms with E-state index in [9.17, 15) is 29.7 Å². The van der Waals surface area contributed by atoms with Gasteiger partial charge >= 0.3 is 11.9 Å². The molecule has 5 rings (SSSR count). The number of aryl methyl sites for hydroxylation is 1. The van der Waals surface area contributed by atoms with E-state index in [-0.39, 0.29) is 49.6 Å². The monoisotopic (exact) mass is 930 g/mol. The molecule has 1 aromatic carbocycles. The molecule has 5 unspecified atom stereocenters. The number of cyclic esters (lactones) is 1. The van der Waals surface area contributed by atoms with Gasteiger partial charge in [0.05, 0.1) is 54.6 Å². The molecular formula is C50H79N3O13. The first-order valence-corrected chi connectivity index (χ1v) is 24.1. The highest BCUT2D eigenvalue weighted by Gasteiger charge is 2.52. The zero-order chi connectivity index (χ0) is 48.3. The number of ether oxygens (including phenoxy) is 7. The van der Waals surface area contributed by atoms with E-state index in [4.69, 9.17) is 33.2 Å². The third-order valence-electron chi connectivity index (χ3n) is 14.3. The summed E-state index contributed by atoms with van der Waals surface area (Å²) in [7, 11) is 5.01. The van der Waals surface area contributed by atoms with Crippen molar-refractivity contribution < 1.29 is 62.9 Å². The SMILES string of the molecule is CCC(=O)OC1(C)C[C@H](O[C@H]2C(C)O[C@@H](O[C@H]3[C@@H](CC=O)C[C@@H](C)[C@@H](O)CN(CCCc4ccnc5ccccc45)CCC[C@@H](C)OC(=O)C[C@@H](O)[C@@H]3OC)C(O)C2N(C)C)OC(C)[C@@H]1C. The number of β-amino-alcohol motifs (C(OH)–C–C–N with tert-alkyl or cyclic N) is 1. The summed E-state index contributed by atoms with van der Waals surface area (Å²) in [6, 6.07) is 9.45. The van der Waals surface area contributed by atoms with Gasteiger partial charge in [0.2, 0.25) is 0 Å². The second-order valence-corrected chi connectivity index (χ2v) is 19.5. The first-order chi connectivity index (χ1) is 31.4. The van der Waals surface area contributed by atoms with Gasteiger partial charge in [0.1, 0.15) is 30.2 Å². The standard InChI is InChI=1S/C50H79N3O13/c1-11-41(57)66-50(7)28-43(62-33(5)32(50)4)64-46-34(6)63-49(45(59)44(46)52(8)9)65-47-36(21-25-54)26-30(2)40(56)29-53(23-14-16-31(3)61-42(58)27-39(55)48(47)60-10)24-15-17-35-20-22-51-38-19-13-12-18-37(35)38/h12-13,18-20,22,25,30-34,36,39-40,43-49,55-56,59H,11,14-17,21,23-24,26-29H2,1-10H3/t30-,31-,32+,33?,34?,36+,39-,40+,43+,44?,45?,46+,47+,48+,49+,50?/m1/s1. The van der Waals surface area contributed by atoms with E-state index in [0.29, 0.717) is 19.5 Å². The van der Waals surface area contributed by atoms with Crippen molar-refractivity contribution in [3.8, 4) is 0 Å². The Bertz CT molecular complexity index is 1830. The summed E-state index contributed by atoms with van der Waals surface area (Å²) in [5, 5.41) is 36.9. The number of carbonyl (C=O) groups excluding carboxylic acids is 3. The quantitative estimate of drug-likeness (QED) is 0.172. The minimum Gasteiger partial charge on any atom is -0.463 e. The van der Waals surface area contributed by atoms with Gasteiger partial charge in [-0.1, -0.05) is 39.0 Å². The highest BCUT2D eigenvalue weighted by Crippen LogP contribution is 2.40. The lowest BCUT2D eigenvalue weighted by molar-refractivity contribution is -0.341. The Hall–Kier alpha value is -3.16. The molecule has 0 saturated carbocycles. The molecule has 0 radical (unpaired) electrons. The topological polar surface area (TPSA) is 196 Å². The summed E-state index contributed by atoms with van der Waals surface area (Å²) >= 11 is 0. The van der Waals surface area contributed by atoms with Crippen LogP contribution in [0.3, 0.4) is 0 Å². The number of rotatable bonds is 14. The van der Waals surface area contributed by atoms with Crippen LogP contribution in [0.4, 0.5) is 0 Å². The molecule has 2 aromatic rings. The fourth-order valence-corrected chi connectivity index (χ4v) is 10.1. The van der Waals surface area contributed by atoms with Crippen LogP contribution in [0.15, 0.2) is 36.5 Å². The van der Waals surface area contributed by atoms with Crippen molar-refractivity contribution in [1.29, 1.82) is 0 Å². The molecule has 372 valence electrons. The van der Waals surface area contributed by atoms with Crippen LogP contribution in [0.25, 0.3) is 10.9 Å². The highest BCUT2D eigenvalue weighted by molar-refractivity contribution is 5.81. The van der Waals surface area contributed by atoms with E-state index in [2.05, 4.69) is 22.0 Å². The fourth-order valence-electron chi connectivity index (χ4n) is 10.1. The van der Waals surface area contributed by atoms with Crippen LogP contribution in [0.2, 0.25) is 0 Å². The molecule has 3 aliphatic rings. The summed E-state index contributed by atoms with van der Waals surface area (Å²) < 4.78 is 43.8. The number of carbonyl (C=O) groups is 3. The van der Waals surface area contributed by atoms with E-state index >= 15 is 0 Å². The van der Waals surface area contributed by atoms with Gasteiger partial charge in [0.15, 0.2) is 12.6 Å². The summed E-state index contributed by atoms with van der Waals surface area (Å²) in [6.45, 7) is 14.9. The van der Waals surface area contributed by atoms with E-state index in [0.717, 1.165) is 43.0 Å². The molecule has 0 amide bonds. The van der Waals surface area contributed by atoms with Crippen molar-refractivity contribution in [1.82, 2.24) is 14.8 Å². The minimum atomic E-state index is -1.42. The number of methoxy groups -OCH3 is 1. The van der Waals surface area contributed by atoms with Crippen molar-refractivity contribution in [3.63, 3.8) is 0 Å². The fraction of sp³-hybridized carbons (Fsp3) is 0.760. The number of aldehydes is 1. The first kappa shape index (κ1) is 53.8. The molecule has 3 N–H and O–H groups in total. The van der Waals surface area contributed by atoms with Gasteiger partial charge in [-0.2, -0.15) is 0 Å². The Morgan fingerprint density at radius 1 is 1.00 bits per heavy atom. The molecule has 16 atom stereocenters. The van der Waals surface area contributed by atoms with Gasteiger partial charge in [-0.05, 0) is 117 Å². The second-order valence-electron chi connectivity index (χ2n) is 19.5. The Balaban J connectivity index is 1.37. The largest absolute Gasteiger partial charge is 0.463 e. The summed E-state index contributed by atoms with van der Waals surface area (Å²) in [6.07, 6.45) is -4.12. The number of fused-ring (bicyclic) bond motifs is 1. The summed E-state index contributed by atoms with van der Waals surface area (Å²) in [5.41, 5.74) is 1.31. The number of para-hydroxylation sites is 1. The van der Waals surface area contributed by atoms with Gasteiger partial charge in [0, 0.05) is 50.4 Å². The van der Waals surface area contributed by atoms with Crippen LogP contribution in [0.1, 0.15) is 105 Å². The number of esters is 2. The predicted octanol–water partition coefficient (Wildman–Crippen LogP) is 4.84. The highest BCUT2D eigenvalue weighted by atomic mass is 16.7. The van der Waals surface area contributed by atoms with Gasteiger partial charge < -0.3 is 63.1 Å². The van der Waals surface area contributed by atoms with E-state index in [1.54, 1.807) is 13.8 Å². The Labute approximate surface area is 391 Å². The van der Waals surface area contributed by atoms with Crippen LogP contribution in [0.5, 0.6) is 0 Å². The molecular weight excluding hydrogens is 851 g/mol. The molecule has 0 aliphatic carbocycles. The van der Waals surface area contributed by atoms with Crippen LogP contribution < -0.4 is 0 Å². The van der Waals surface area contributed by atoms with Gasteiger partial charge in [-0.3, -0.25) is 14.6 Å². The van der Waals surface area contributed by atoms with Crippen molar-refractivity contribution in [3.05, 3.63) is 42.1 Å². The minimum absolute atomic E-state index is 0.0302.